The molecule has 2 unspecified atom stereocenters. The Bertz CT molecular complexity index is 1760. The Morgan fingerprint density at radius 1 is 1.05 bits per heavy atom. The summed E-state index contributed by atoms with van der Waals surface area (Å²) in [6.45, 7) is 1.66. The molecular weight excluding hydrogens is 558 g/mol. The van der Waals surface area contributed by atoms with Gasteiger partial charge in [0.1, 0.15) is 11.9 Å². The summed E-state index contributed by atoms with van der Waals surface area (Å²) in [4.78, 5) is 25.4. The molecule has 0 radical (unpaired) electrons. The van der Waals surface area contributed by atoms with E-state index in [1.165, 1.54) is 19.2 Å². The number of hydrogen-bond donors (Lipinski definition) is 3. The molecule has 5 rings (SSSR count). The van der Waals surface area contributed by atoms with Crippen molar-refractivity contribution in [1.82, 2.24) is 9.29 Å². The van der Waals surface area contributed by atoms with E-state index in [1.54, 1.807) is 43.3 Å². The third-order valence-electron chi connectivity index (χ3n) is 7.53. The second-order valence-corrected chi connectivity index (χ2v) is 12.1. The fourth-order valence-electron chi connectivity index (χ4n) is 5.35. The van der Waals surface area contributed by atoms with Gasteiger partial charge in [-0.15, -0.1) is 0 Å². The molecule has 1 aliphatic carbocycles. The highest BCUT2D eigenvalue weighted by atomic mass is 32.2. The van der Waals surface area contributed by atoms with Crippen LogP contribution in [0.4, 0.5) is 10.5 Å². The highest BCUT2D eigenvalue weighted by molar-refractivity contribution is 7.90. The molecule has 10 nitrogen and oxygen atoms in total. The first-order chi connectivity index (χ1) is 20.1. The first-order valence-electron chi connectivity index (χ1n) is 13.6. The molecule has 0 saturated heterocycles. The molecule has 1 aliphatic rings. The summed E-state index contributed by atoms with van der Waals surface area (Å²) >= 11 is 0. The van der Waals surface area contributed by atoms with Crippen LogP contribution in [-0.4, -0.2) is 49.4 Å². The molecule has 3 aromatic carbocycles. The molecule has 2 atom stereocenters. The lowest BCUT2D eigenvalue weighted by Gasteiger charge is -2.16. The Hall–Kier alpha value is -4.35. The number of aliphatic hydroxyl groups is 1. The Morgan fingerprint density at radius 3 is 2.55 bits per heavy atom. The predicted molar refractivity (Wildman–Crippen MR) is 158 cm³/mol. The highest BCUT2D eigenvalue weighted by Gasteiger charge is 2.28. The normalized spacial score (nSPS) is 16.8. The fraction of sp³-hybridized carbons (Fsp3) is 0.290. The number of amides is 2. The van der Waals surface area contributed by atoms with Crippen LogP contribution in [0.25, 0.3) is 10.9 Å². The van der Waals surface area contributed by atoms with Crippen molar-refractivity contribution in [2.45, 2.75) is 49.7 Å². The SMILES string of the molecule is COc1cc(C(=O)NS(=O)(=O)c2ccccc2C)ccc1Cc1cn(C)c2ccc(NC(=O)OC3CCCC3O)cc12. The van der Waals surface area contributed by atoms with E-state index in [-0.39, 0.29) is 10.5 Å². The molecule has 1 fully saturated rings. The Morgan fingerprint density at radius 2 is 1.83 bits per heavy atom. The number of ether oxygens (including phenoxy) is 2. The van der Waals surface area contributed by atoms with E-state index in [2.05, 4.69) is 10.0 Å². The molecule has 4 aromatic rings. The molecule has 1 heterocycles. The molecule has 0 spiro atoms. The van der Waals surface area contributed by atoms with Crippen molar-refractivity contribution in [3.8, 4) is 5.75 Å². The smallest absolute Gasteiger partial charge is 0.411 e. The second-order valence-electron chi connectivity index (χ2n) is 10.5. The lowest BCUT2D eigenvalue weighted by atomic mass is 10.0. The number of carbonyl (C=O) groups excluding carboxylic acids is 2. The van der Waals surface area contributed by atoms with Crippen LogP contribution >= 0.6 is 0 Å². The van der Waals surface area contributed by atoms with Crippen molar-refractivity contribution >= 4 is 38.6 Å². The number of aryl methyl sites for hydroxylation is 2. The van der Waals surface area contributed by atoms with E-state index in [0.29, 0.717) is 36.3 Å². The van der Waals surface area contributed by atoms with Crippen LogP contribution < -0.4 is 14.8 Å². The van der Waals surface area contributed by atoms with Gasteiger partial charge in [0.25, 0.3) is 15.9 Å². The Balaban J connectivity index is 1.35. The van der Waals surface area contributed by atoms with Gasteiger partial charge >= 0.3 is 6.09 Å². The zero-order chi connectivity index (χ0) is 30.0. The van der Waals surface area contributed by atoms with Crippen LogP contribution in [0.15, 0.2) is 71.8 Å². The number of anilines is 1. The van der Waals surface area contributed by atoms with Crippen molar-refractivity contribution < 1.29 is 32.6 Å². The molecule has 1 aromatic heterocycles. The minimum Gasteiger partial charge on any atom is -0.496 e. The first-order valence-corrected chi connectivity index (χ1v) is 15.1. The lowest BCUT2D eigenvalue weighted by molar-refractivity contribution is 0.0287. The standard InChI is InChI=1S/C31H33N3O7S/c1-19-7-4-5-10-29(19)42(38,39)33-30(36)21-12-11-20(28(16-21)40-3)15-22-18-34(2)25-14-13-23(17-24(22)25)32-31(37)41-27-9-6-8-26(27)35/h4-5,7,10-14,16-18,26-27,35H,6,8-9,15H2,1-3H3,(H,32,37)(H,33,36). The van der Waals surface area contributed by atoms with Gasteiger partial charge in [0.2, 0.25) is 0 Å². The Labute approximate surface area is 244 Å². The van der Waals surface area contributed by atoms with E-state index in [1.807, 2.05) is 29.9 Å². The van der Waals surface area contributed by atoms with Crippen molar-refractivity contribution in [3.63, 3.8) is 0 Å². The van der Waals surface area contributed by atoms with Gasteiger partial charge in [0.05, 0.1) is 18.1 Å². The lowest BCUT2D eigenvalue weighted by Crippen LogP contribution is -2.31. The zero-order valence-corrected chi connectivity index (χ0v) is 24.4. The summed E-state index contributed by atoms with van der Waals surface area (Å²) in [7, 11) is -0.641. The quantitative estimate of drug-likeness (QED) is 0.271. The van der Waals surface area contributed by atoms with Crippen LogP contribution in [0.3, 0.4) is 0 Å². The zero-order valence-electron chi connectivity index (χ0n) is 23.6. The number of sulfonamides is 1. The number of methoxy groups -OCH3 is 1. The monoisotopic (exact) mass is 591 g/mol. The molecule has 1 saturated carbocycles. The van der Waals surface area contributed by atoms with Crippen LogP contribution in [-0.2, 0) is 28.2 Å². The topological polar surface area (TPSA) is 136 Å². The predicted octanol–water partition coefficient (Wildman–Crippen LogP) is 4.67. The summed E-state index contributed by atoms with van der Waals surface area (Å²) in [6, 6.07) is 16.8. The van der Waals surface area contributed by atoms with E-state index < -0.39 is 34.2 Å². The number of aromatic nitrogens is 1. The average Bonchev–Trinajstić information content (AvgIpc) is 3.49. The van der Waals surface area contributed by atoms with Gasteiger partial charge in [0.15, 0.2) is 0 Å². The molecule has 11 heteroatoms. The maximum absolute atomic E-state index is 12.9. The molecule has 220 valence electrons. The van der Waals surface area contributed by atoms with E-state index in [0.717, 1.165) is 28.5 Å². The number of nitrogens with zero attached hydrogens (tertiary/aromatic N) is 1. The molecular formula is C31H33N3O7S. The van der Waals surface area contributed by atoms with Crippen LogP contribution in [0, 0.1) is 6.92 Å². The van der Waals surface area contributed by atoms with E-state index in [9.17, 15) is 23.1 Å². The summed E-state index contributed by atoms with van der Waals surface area (Å²) < 4.78 is 40.7. The summed E-state index contributed by atoms with van der Waals surface area (Å²) in [5, 5.41) is 13.6. The van der Waals surface area contributed by atoms with Crippen LogP contribution in [0.5, 0.6) is 5.75 Å². The van der Waals surface area contributed by atoms with Crippen molar-refractivity contribution in [2.75, 3.05) is 12.4 Å². The molecule has 3 N–H and O–H groups in total. The van der Waals surface area contributed by atoms with Crippen molar-refractivity contribution in [3.05, 3.63) is 89.1 Å². The van der Waals surface area contributed by atoms with Crippen molar-refractivity contribution in [1.29, 1.82) is 0 Å². The summed E-state index contributed by atoms with van der Waals surface area (Å²) in [5.74, 6) is -0.332. The first kappa shape index (κ1) is 29.2. The molecule has 2 amide bonds. The number of carbonyl (C=O) groups is 2. The number of benzene rings is 3. The minimum absolute atomic E-state index is 0.0381. The molecule has 0 bridgehead atoms. The van der Waals surface area contributed by atoms with Gasteiger partial charge in [-0.05, 0) is 79.3 Å². The minimum atomic E-state index is -4.06. The van der Waals surface area contributed by atoms with Gasteiger partial charge in [0, 0.05) is 41.8 Å². The number of rotatable bonds is 8. The van der Waals surface area contributed by atoms with Gasteiger partial charge in [-0.3, -0.25) is 10.1 Å². The molecule has 42 heavy (non-hydrogen) atoms. The van der Waals surface area contributed by atoms with E-state index >= 15 is 0 Å². The Kier molecular flexibility index (Phi) is 8.24. The maximum atomic E-state index is 12.9. The van der Waals surface area contributed by atoms with Gasteiger partial charge in [-0.25, -0.2) is 17.9 Å². The third-order valence-corrected chi connectivity index (χ3v) is 9.03. The third kappa shape index (κ3) is 6.12. The molecule has 0 aliphatic heterocycles. The summed E-state index contributed by atoms with van der Waals surface area (Å²) in [6.07, 6.45) is 2.77. The van der Waals surface area contributed by atoms with Crippen LogP contribution in [0.1, 0.15) is 46.3 Å². The fourth-order valence-corrected chi connectivity index (χ4v) is 6.57. The van der Waals surface area contributed by atoms with Crippen molar-refractivity contribution in [2.24, 2.45) is 7.05 Å². The maximum Gasteiger partial charge on any atom is 0.411 e. The van der Waals surface area contributed by atoms with Gasteiger partial charge in [-0.2, -0.15) is 0 Å². The van der Waals surface area contributed by atoms with Gasteiger partial charge in [-0.1, -0.05) is 24.3 Å². The van der Waals surface area contributed by atoms with E-state index in [4.69, 9.17) is 9.47 Å². The number of nitrogens with one attached hydrogen (secondary N) is 2. The number of fused-ring (bicyclic) bond motifs is 1. The summed E-state index contributed by atoms with van der Waals surface area (Å²) in [5.41, 5.74) is 3.92. The number of hydrogen-bond acceptors (Lipinski definition) is 7. The highest BCUT2D eigenvalue weighted by Crippen LogP contribution is 2.30. The van der Waals surface area contributed by atoms with Gasteiger partial charge < -0.3 is 19.1 Å². The number of aliphatic hydroxyl groups excluding tert-OH is 1. The van der Waals surface area contributed by atoms with Crippen LogP contribution in [0.2, 0.25) is 0 Å². The average molecular weight is 592 g/mol. The largest absolute Gasteiger partial charge is 0.496 e. The second kappa shape index (κ2) is 11.9.